The number of carbonyl (C=O) groups is 1. The van der Waals surface area contributed by atoms with Gasteiger partial charge in [0.05, 0.1) is 6.61 Å². The SMILES string of the molecule is Nc1ncn(CC(=O)OCCCN2CCCC2)n1. The van der Waals surface area contributed by atoms with Crippen molar-refractivity contribution in [1.29, 1.82) is 0 Å². The van der Waals surface area contributed by atoms with E-state index in [0.717, 1.165) is 13.0 Å². The molecule has 1 saturated heterocycles. The summed E-state index contributed by atoms with van der Waals surface area (Å²) in [5, 5.41) is 3.82. The second kappa shape index (κ2) is 6.34. The normalized spacial score (nSPS) is 16.0. The first-order chi connectivity index (χ1) is 8.74. The molecule has 18 heavy (non-hydrogen) atoms. The van der Waals surface area contributed by atoms with Crippen molar-refractivity contribution in [2.45, 2.75) is 25.8 Å². The molecule has 2 N–H and O–H groups in total. The highest BCUT2D eigenvalue weighted by Gasteiger charge is 2.11. The minimum absolute atomic E-state index is 0.0634. The van der Waals surface area contributed by atoms with Crippen LogP contribution < -0.4 is 5.73 Å². The van der Waals surface area contributed by atoms with Gasteiger partial charge in [0, 0.05) is 6.54 Å². The molecule has 1 aliphatic heterocycles. The molecule has 2 rings (SSSR count). The fraction of sp³-hybridized carbons (Fsp3) is 0.727. The predicted molar refractivity (Wildman–Crippen MR) is 65.7 cm³/mol. The Balaban J connectivity index is 1.57. The summed E-state index contributed by atoms with van der Waals surface area (Å²) < 4.78 is 6.49. The van der Waals surface area contributed by atoms with E-state index in [1.165, 1.54) is 36.9 Å². The fourth-order valence-electron chi connectivity index (χ4n) is 2.04. The van der Waals surface area contributed by atoms with Crippen LogP contribution in [-0.2, 0) is 16.1 Å². The summed E-state index contributed by atoms with van der Waals surface area (Å²) in [5.41, 5.74) is 5.35. The van der Waals surface area contributed by atoms with Gasteiger partial charge in [0.2, 0.25) is 5.95 Å². The molecule has 0 spiro atoms. The second-order valence-electron chi connectivity index (χ2n) is 4.42. The number of nitrogens with zero attached hydrogens (tertiary/aromatic N) is 4. The number of likely N-dealkylation sites (tertiary alicyclic amines) is 1. The number of hydrogen-bond donors (Lipinski definition) is 1. The predicted octanol–water partition coefficient (Wildman–Crippen LogP) is -0.111. The number of nitrogen functional groups attached to an aromatic ring is 1. The van der Waals surface area contributed by atoms with Gasteiger partial charge in [0.25, 0.3) is 0 Å². The van der Waals surface area contributed by atoms with Crippen LogP contribution >= 0.6 is 0 Å². The standard InChI is InChI=1S/C11H19N5O2/c12-11-13-9-16(14-11)8-10(17)18-7-3-6-15-4-1-2-5-15/h9H,1-8H2,(H2,12,14). The maximum Gasteiger partial charge on any atom is 0.327 e. The highest BCUT2D eigenvalue weighted by Crippen LogP contribution is 2.07. The van der Waals surface area contributed by atoms with Gasteiger partial charge in [-0.25, -0.2) is 9.67 Å². The van der Waals surface area contributed by atoms with Crippen molar-refractivity contribution in [2.75, 3.05) is 32.0 Å². The maximum absolute atomic E-state index is 11.5. The van der Waals surface area contributed by atoms with Crippen LogP contribution in [0.4, 0.5) is 5.95 Å². The summed E-state index contributed by atoms with van der Waals surface area (Å²) in [6.45, 7) is 3.87. The minimum Gasteiger partial charge on any atom is -0.464 e. The molecule has 1 aromatic rings. The van der Waals surface area contributed by atoms with Crippen molar-refractivity contribution in [3.63, 3.8) is 0 Å². The molecule has 7 nitrogen and oxygen atoms in total. The highest BCUT2D eigenvalue weighted by molar-refractivity contribution is 5.68. The first-order valence-corrected chi connectivity index (χ1v) is 6.27. The Morgan fingerprint density at radius 1 is 1.44 bits per heavy atom. The van der Waals surface area contributed by atoms with Crippen LogP contribution in [0.5, 0.6) is 0 Å². The van der Waals surface area contributed by atoms with Gasteiger partial charge in [-0.2, -0.15) is 0 Å². The number of hydrogen-bond acceptors (Lipinski definition) is 6. The summed E-state index contributed by atoms with van der Waals surface area (Å²) in [7, 11) is 0. The van der Waals surface area contributed by atoms with Crippen LogP contribution in [-0.4, -0.2) is 51.9 Å². The van der Waals surface area contributed by atoms with E-state index < -0.39 is 0 Å². The van der Waals surface area contributed by atoms with E-state index >= 15 is 0 Å². The molecular weight excluding hydrogens is 234 g/mol. The van der Waals surface area contributed by atoms with Crippen LogP contribution in [0, 0.1) is 0 Å². The Labute approximate surface area is 106 Å². The summed E-state index contributed by atoms with van der Waals surface area (Å²) in [6.07, 6.45) is 4.87. The molecule has 0 amide bonds. The van der Waals surface area contributed by atoms with E-state index in [9.17, 15) is 4.79 Å². The molecule has 1 fully saturated rings. The monoisotopic (exact) mass is 253 g/mol. The van der Waals surface area contributed by atoms with Gasteiger partial charge in [-0.05, 0) is 32.4 Å². The second-order valence-corrected chi connectivity index (χ2v) is 4.42. The lowest BCUT2D eigenvalue weighted by molar-refractivity contribution is -0.144. The number of ether oxygens (including phenoxy) is 1. The molecule has 2 heterocycles. The molecule has 0 aliphatic carbocycles. The summed E-state index contributed by atoms with van der Waals surface area (Å²) in [6, 6.07) is 0. The summed E-state index contributed by atoms with van der Waals surface area (Å²) >= 11 is 0. The molecule has 0 radical (unpaired) electrons. The van der Waals surface area contributed by atoms with E-state index in [4.69, 9.17) is 10.5 Å². The Bertz CT molecular complexity index is 387. The van der Waals surface area contributed by atoms with Crippen molar-refractivity contribution < 1.29 is 9.53 Å². The van der Waals surface area contributed by atoms with E-state index in [1.54, 1.807) is 0 Å². The Kier molecular flexibility index (Phi) is 4.52. The van der Waals surface area contributed by atoms with Gasteiger partial charge in [-0.15, -0.1) is 5.10 Å². The molecule has 0 aromatic carbocycles. The van der Waals surface area contributed by atoms with E-state index in [1.807, 2.05) is 0 Å². The average Bonchev–Trinajstić information content (AvgIpc) is 2.96. The first kappa shape index (κ1) is 12.8. The topological polar surface area (TPSA) is 86.3 Å². The maximum atomic E-state index is 11.5. The van der Waals surface area contributed by atoms with Crippen molar-refractivity contribution >= 4 is 11.9 Å². The molecule has 0 bridgehead atoms. The number of nitrogens with two attached hydrogens (primary N) is 1. The number of anilines is 1. The number of esters is 1. The van der Waals surface area contributed by atoms with Crippen molar-refractivity contribution in [3.8, 4) is 0 Å². The zero-order valence-electron chi connectivity index (χ0n) is 10.4. The van der Waals surface area contributed by atoms with E-state index in [2.05, 4.69) is 15.0 Å². The lowest BCUT2D eigenvalue weighted by Crippen LogP contribution is -2.22. The van der Waals surface area contributed by atoms with Crippen LogP contribution in [0.2, 0.25) is 0 Å². The summed E-state index contributed by atoms with van der Waals surface area (Å²) in [5.74, 6) is -0.141. The van der Waals surface area contributed by atoms with E-state index in [-0.39, 0.29) is 18.5 Å². The molecule has 0 unspecified atom stereocenters. The van der Waals surface area contributed by atoms with Crippen LogP contribution in [0.15, 0.2) is 6.33 Å². The van der Waals surface area contributed by atoms with E-state index in [0.29, 0.717) is 6.61 Å². The Morgan fingerprint density at radius 2 is 2.22 bits per heavy atom. The van der Waals surface area contributed by atoms with Gasteiger partial charge in [-0.3, -0.25) is 4.79 Å². The first-order valence-electron chi connectivity index (χ1n) is 6.27. The molecule has 100 valence electrons. The largest absolute Gasteiger partial charge is 0.464 e. The molecule has 0 saturated carbocycles. The third-order valence-corrected chi connectivity index (χ3v) is 2.93. The average molecular weight is 253 g/mol. The van der Waals surface area contributed by atoms with Gasteiger partial charge in [0.1, 0.15) is 12.9 Å². The number of carbonyl (C=O) groups excluding carboxylic acids is 1. The Hall–Kier alpha value is -1.63. The third kappa shape index (κ3) is 3.99. The lowest BCUT2D eigenvalue weighted by Gasteiger charge is -2.13. The van der Waals surface area contributed by atoms with Crippen LogP contribution in [0.25, 0.3) is 0 Å². The molecule has 1 aliphatic rings. The molecule has 7 heteroatoms. The van der Waals surface area contributed by atoms with Crippen molar-refractivity contribution in [2.24, 2.45) is 0 Å². The molecule has 0 atom stereocenters. The molecule has 1 aromatic heterocycles. The van der Waals surface area contributed by atoms with Gasteiger partial charge >= 0.3 is 5.97 Å². The Morgan fingerprint density at radius 3 is 2.89 bits per heavy atom. The van der Waals surface area contributed by atoms with Gasteiger partial charge in [0.15, 0.2) is 0 Å². The third-order valence-electron chi connectivity index (χ3n) is 2.93. The van der Waals surface area contributed by atoms with Crippen LogP contribution in [0.3, 0.4) is 0 Å². The highest BCUT2D eigenvalue weighted by atomic mass is 16.5. The molecular formula is C11H19N5O2. The van der Waals surface area contributed by atoms with Crippen molar-refractivity contribution in [3.05, 3.63) is 6.33 Å². The quantitative estimate of drug-likeness (QED) is 0.562. The number of aromatic nitrogens is 3. The smallest absolute Gasteiger partial charge is 0.327 e. The van der Waals surface area contributed by atoms with Crippen molar-refractivity contribution in [1.82, 2.24) is 19.7 Å². The van der Waals surface area contributed by atoms with Gasteiger partial charge in [-0.1, -0.05) is 0 Å². The summed E-state index contributed by atoms with van der Waals surface area (Å²) in [4.78, 5) is 17.6. The lowest BCUT2D eigenvalue weighted by atomic mass is 10.4. The fourth-order valence-corrected chi connectivity index (χ4v) is 2.04. The minimum atomic E-state index is -0.304. The van der Waals surface area contributed by atoms with Gasteiger partial charge < -0.3 is 15.4 Å². The zero-order valence-corrected chi connectivity index (χ0v) is 10.4. The number of rotatable bonds is 6. The van der Waals surface area contributed by atoms with Crippen LogP contribution in [0.1, 0.15) is 19.3 Å². The zero-order chi connectivity index (χ0) is 12.8.